The van der Waals surface area contributed by atoms with E-state index in [1.807, 2.05) is 5.38 Å². The molecule has 25 heavy (non-hydrogen) atoms. The van der Waals surface area contributed by atoms with Crippen LogP contribution in [0.4, 0.5) is 5.69 Å². The first-order valence-electron chi connectivity index (χ1n) is 8.01. The molecule has 0 saturated heterocycles. The van der Waals surface area contributed by atoms with Crippen LogP contribution in [0, 0.1) is 11.3 Å². The van der Waals surface area contributed by atoms with Crippen LogP contribution in [0.2, 0.25) is 0 Å². The van der Waals surface area contributed by atoms with Gasteiger partial charge in [-0.1, -0.05) is 37.3 Å². The largest absolute Gasteiger partial charge is 0.326 e. The number of carbonyl (C=O) groups is 1. The molecule has 3 rings (SSSR count). The average Bonchev–Trinajstić information content (AvgIpc) is 3.10. The Bertz CT molecular complexity index is 923. The standard InChI is InChI=1S/C20H17N3OS/c1-2-14-6-8-16(9-7-14)20-23-18(13-25-20)11-19(24)22-17-5-3-4-15(10-17)12-21/h3-10,13H,2,11H2,1H3,(H,22,24). The van der Waals surface area contributed by atoms with Crippen molar-refractivity contribution in [3.63, 3.8) is 0 Å². The number of amides is 1. The highest BCUT2D eigenvalue weighted by molar-refractivity contribution is 7.13. The lowest BCUT2D eigenvalue weighted by atomic mass is 10.1. The highest BCUT2D eigenvalue weighted by atomic mass is 32.1. The summed E-state index contributed by atoms with van der Waals surface area (Å²) in [6.07, 6.45) is 1.22. The van der Waals surface area contributed by atoms with Crippen LogP contribution in [0.15, 0.2) is 53.9 Å². The van der Waals surface area contributed by atoms with Crippen molar-refractivity contribution in [2.24, 2.45) is 0 Å². The number of aryl methyl sites for hydroxylation is 1. The van der Waals surface area contributed by atoms with E-state index in [1.165, 1.54) is 16.9 Å². The number of nitrogens with zero attached hydrogens (tertiary/aromatic N) is 2. The van der Waals surface area contributed by atoms with Crippen LogP contribution in [0.3, 0.4) is 0 Å². The fourth-order valence-corrected chi connectivity index (χ4v) is 3.27. The van der Waals surface area contributed by atoms with Gasteiger partial charge in [-0.15, -0.1) is 11.3 Å². The number of aromatic nitrogens is 1. The van der Waals surface area contributed by atoms with E-state index in [1.54, 1.807) is 24.3 Å². The lowest BCUT2D eigenvalue weighted by molar-refractivity contribution is -0.115. The second kappa shape index (κ2) is 7.73. The Labute approximate surface area is 150 Å². The third-order valence-corrected chi connectivity index (χ3v) is 4.72. The molecule has 124 valence electrons. The van der Waals surface area contributed by atoms with Crippen molar-refractivity contribution in [1.29, 1.82) is 5.26 Å². The van der Waals surface area contributed by atoms with E-state index in [0.717, 1.165) is 22.7 Å². The average molecular weight is 347 g/mol. The minimum atomic E-state index is -0.145. The topological polar surface area (TPSA) is 65.8 Å². The van der Waals surface area contributed by atoms with E-state index >= 15 is 0 Å². The van der Waals surface area contributed by atoms with E-state index in [-0.39, 0.29) is 12.3 Å². The quantitative estimate of drug-likeness (QED) is 0.743. The van der Waals surface area contributed by atoms with Crippen molar-refractivity contribution >= 4 is 22.9 Å². The fraction of sp³-hybridized carbons (Fsp3) is 0.150. The lowest BCUT2D eigenvalue weighted by Crippen LogP contribution is -2.14. The molecular formula is C20H17N3OS. The van der Waals surface area contributed by atoms with Crippen LogP contribution in [-0.4, -0.2) is 10.9 Å². The normalized spacial score (nSPS) is 10.2. The summed E-state index contributed by atoms with van der Waals surface area (Å²) < 4.78 is 0. The van der Waals surface area contributed by atoms with Crippen molar-refractivity contribution in [2.75, 3.05) is 5.32 Å². The van der Waals surface area contributed by atoms with Crippen LogP contribution in [-0.2, 0) is 17.6 Å². The molecule has 1 N–H and O–H groups in total. The Hall–Kier alpha value is -2.97. The highest BCUT2D eigenvalue weighted by Crippen LogP contribution is 2.24. The van der Waals surface area contributed by atoms with Gasteiger partial charge in [0.2, 0.25) is 5.91 Å². The molecule has 0 aliphatic heterocycles. The predicted molar refractivity (Wildman–Crippen MR) is 100 cm³/mol. The molecule has 4 nitrogen and oxygen atoms in total. The molecule has 5 heteroatoms. The van der Waals surface area contributed by atoms with Crippen LogP contribution in [0.5, 0.6) is 0 Å². The number of hydrogen-bond donors (Lipinski definition) is 1. The first-order chi connectivity index (χ1) is 12.2. The molecule has 0 aliphatic carbocycles. The molecule has 0 radical (unpaired) electrons. The second-order valence-electron chi connectivity index (χ2n) is 5.61. The minimum absolute atomic E-state index is 0.145. The molecule has 1 heterocycles. The smallest absolute Gasteiger partial charge is 0.230 e. The van der Waals surface area contributed by atoms with Crippen LogP contribution >= 0.6 is 11.3 Å². The van der Waals surface area contributed by atoms with Gasteiger partial charge in [-0.05, 0) is 30.2 Å². The summed E-state index contributed by atoms with van der Waals surface area (Å²) >= 11 is 1.54. The molecule has 0 saturated carbocycles. The zero-order valence-electron chi connectivity index (χ0n) is 13.8. The maximum absolute atomic E-state index is 12.2. The summed E-state index contributed by atoms with van der Waals surface area (Å²) in [5, 5.41) is 14.5. The number of rotatable bonds is 5. The Morgan fingerprint density at radius 3 is 2.76 bits per heavy atom. The summed E-state index contributed by atoms with van der Waals surface area (Å²) in [7, 11) is 0. The fourth-order valence-electron chi connectivity index (χ4n) is 2.44. The number of benzene rings is 2. The second-order valence-corrected chi connectivity index (χ2v) is 6.47. The third-order valence-electron chi connectivity index (χ3n) is 3.78. The summed E-state index contributed by atoms with van der Waals surface area (Å²) in [6.45, 7) is 2.13. The van der Waals surface area contributed by atoms with E-state index < -0.39 is 0 Å². The summed E-state index contributed by atoms with van der Waals surface area (Å²) in [6, 6.07) is 17.3. The van der Waals surface area contributed by atoms with Gasteiger partial charge in [-0.2, -0.15) is 5.26 Å². The molecule has 2 aromatic carbocycles. The van der Waals surface area contributed by atoms with Crippen molar-refractivity contribution < 1.29 is 4.79 Å². The van der Waals surface area contributed by atoms with Crippen LogP contribution < -0.4 is 5.32 Å². The van der Waals surface area contributed by atoms with Crippen molar-refractivity contribution in [1.82, 2.24) is 4.98 Å². The van der Waals surface area contributed by atoms with Gasteiger partial charge in [0.15, 0.2) is 0 Å². The molecule has 0 aliphatic rings. The number of nitrogens with one attached hydrogen (secondary N) is 1. The van der Waals surface area contributed by atoms with Crippen LogP contribution in [0.1, 0.15) is 23.7 Å². The van der Waals surface area contributed by atoms with Gasteiger partial charge >= 0.3 is 0 Å². The molecule has 0 atom stereocenters. The molecule has 3 aromatic rings. The summed E-state index contributed by atoms with van der Waals surface area (Å²) in [5.74, 6) is -0.145. The van der Waals surface area contributed by atoms with E-state index in [9.17, 15) is 4.79 Å². The maximum atomic E-state index is 12.2. The van der Waals surface area contributed by atoms with E-state index in [0.29, 0.717) is 11.3 Å². The van der Waals surface area contributed by atoms with Gasteiger partial charge in [0.05, 0.1) is 23.7 Å². The number of anilines is 1. The molecular weight excluding hydrogens is 330 g/mol. The number of carbonyl (C=O) groups excluding carboxylic acids is 1. The molecule has 0 fully saturated rings. The molecule has 0 unspecified atom stereocenters. The van der Waals surface area contributed by atoms with Gasteiger partial charge < -0.3 is 5.32 Å². The van der Waals surface area contributed by atoms with Crippen molar-refractivity contribution in [3.05, 3.63) is 70.7 Å². The van der Waals surface area contributed by atoms with Gasteiger partial charge in [0, 0.05) is 16.6 Å². The molecule has 0 bridgehead atoms. The molecule has 1 amide bonds. The monoisotopic (exact) mass is 347 g/mol. The zero-order valence-corrected chi connectivity index (χ0v) is 14.6. The minimum Gasteiger partial charge on any atom is -0.326 e. The summed E-state index contributed by atoms with van der Waals surface area (Å²) in [5.41, 5.74) is 4.24. The Kier molecular flexibility index (Phi) is 5.22. The zero-order chi connectivity index (χ0) is 17.6. The first kappa shape index (κ1) is 16.9. The number of hydrogen-bond acceptors (Lipinski definition) is 4. The van der Waals surface area contributed by atoms with E-state index in [4.69, 9.17) is 5.26 Å². The van der Waals surface area contributed by atoms with Crippen LogP contribution in [0.25, 0.3) is 10.6 Å². The van der Waals surface area contributed by atoms with E-state index in [2.05, 4.69) is 47.6 Å². The van der Waals surface area contributed by atoms with Gasteiger partial charge in [-0.25, -0.2) is 4.98 Å². The first-order valence-corrected chi connectivity index (χ1v) is 8.89. The number of thiazole rings is 1. The van der Waals surface area contributed by atoms with Gasteiger partial charge in [0.25, 0.3) is 0 Å². The molecule has 0 spiro atoms. The molecule has 1 aromatic heterocycles. The number of nitriles is 1. The predicted octanol–water partition coefficient (Wildman–Crippen LogP) is 4.43. The summed E-state index contributed by atoms with van der Waals surface area (Å²) in [4.78, 5) is 16.7. The van der Waals surface area contributed by atoms with Gasteiger partial charge in [0.1, 0.15) is 5.01 Å². The van der Waals surface area contributed by atoms with Crippen molar-refractivity contribution in [3.8, 4) is 16.6 Å². The van der Waals surface area contributed by atoms with Gasteiger partial charge in [-0.3, -0.25) is 4.79 Å². The third kappa shape index (κ3) is 4.31. The Balaban J connectivity index is 1.66. The maximum Gasteiger partial charge on any atom is 0.230 e. The SMILES string of the molecule is CCc1ccc(-c2nc(CC(=O)Nc3cccc(C#N)c3)cs2)cc1. The Morgan fingerprint density at radius 2 is 2.04 bits per heavy atom. The highest BCUT2D eigenvalue weighted by Gasteiger charge is 2.10. The van der Waals surface area contributed by atoms with Crippen molar-refractivity contribution in [2.45, 2.75) is 19.8 Å². The Morgan fingerprint density at radius 1 is 1.24 bits per heavy atom. The lowest BCUT2D eigenvalue weighted by Gasteiger charge is -2.04.